The molecule has 1 fully saturated rings. The van der Waals surface area contributed by atoms with Crippen LogP contribution >= 0.6 is 11.3 Å². The van der Waals surface area contributed by atoms with Crippen molar-refractivity contribution < 1.29 is 19.1 Å². The highest BCUT2D eigenvalue weighted by Gasteiger charge is 2.25. The summed E-state index contributed by atoms with van der Waals surface area (Å²) in [5.74, 6) is 1.24. The highest BCUT2D eigenvalue weighted by Crippen LogP contribution is 2.32. The minimum Gasteiger partial charge on any atom is -0.454 e. The molecule has 11 heteroatoms. The first kappa shape index (κ1) is 27.0. The number of hydrogen-bond donors (Lipinski definition) is 1. The van der Waals surface area contributed by atoms with Crippen LogP contribution in [0.25, 0.3) is 10.2 Å². The molecule has 2 amide bonds. The fourth-order valence-corrected chi connectivity index (χ4v) is 6.09. The molecular weight excluding hydrogens is 520 g/mol. The quantitative estimate of drug-likeness (QED) is 0.385. The summed E-state index contributed by atoms with van der Waals surface area (Å²) in [6, 6.07) is 7.47. The lowest BCUT2D eigenvalue weighted by Gasteiger charge is -2.33. The number of carbonyl (C=O) groups excluding carboxylic acids is 2. The van der Waals surface area contributed by atoms with Gasteiger partial charge in [-0.3, -0.25) is 23.5 Å². The monoisotopic (exact) mass is 554 g/mol. The number of unbranched alkanes of at least 4 members (excludes halogenated alkanes) is 2. The summed E-state index contributed by atoms with van der Waals surface area (Å²) in [6.07, 6.45) is 5.30. The van der Waals surface area contributed by atoms with Crippen LogP contribution in [0, 0.1) is 0 Å². The highest BCUT2D eigenvalue weighted by atomic mass is 32.1. The van der Waals surface area contributed by atoms with Crippen molar-refractivity contribution in [3.8, 4) is 11.5 Å². The second-order valence-electron chi connectivity index (χ2n) is 10.2. The van der Waals surface area contributed by atoms with E-state index >= 15 is 0 Å². The molecular formula is C28H34N4O6S. The third-order valence-corrected chi connectivity index (χ3v) is 8.36. The number of benzene rings is 1. The number of carbonyl (C=O) groups is 2. The Morgan fingerprint density at radius 1 is 1.05 bits per heavy atom. The highest BCUT2D eigenvalue weighted by molar-refractivity contribution is 7.17. The molecule has 4 heterocycles. The third-order valence-electron chi connectivity index (χ3n) is 7.47. The molecule has 0 aliphatic carbocycles. The van der Waals surface area contributed by atoms with E-state index in [-0.39, 0.29) is 43.3 Å². The standard InChI is InChI=1S/C28H34N4O6S/c1-19-7-4-6-12-30(19)25(34)17-32-21-11-14-39-26(21)27(35)31(28(32)36)13-5-2-3-8-24(33)29-16-20-9-10-22-23(15-20)38-18-37-22/h9-11,14-15,19H,2-8,12-13,16-18H2,1H3,(H,29,33)/t19-/m1/s1. The molecule has 1 N–H and O–H groups in total. The van der Waals surface area contributed by atoms with E-state index in [1.54, 1.807) is 11.4 Å². The van der Waals surface area contributed by atoms with Crippen LogP contribution in [0.5, 0.6) is 11.5 Å². The van der Waals surface area contributed by atoms with Gasteiger partial charge in [-0.25, -0.2) is 4.79 Å². The van der Waals surface area contributed by atoms with Gasteiger partial charge in [0.2, 0.25) is 18.6 Å². The molecule has 0 saturated carbocycles. The van der Waals surface area contributed by atoms with Crippen LogP contribution in [-0.4, -0.2) is 45.2 Å². The number of piperidine rings is 1. The largest absolute Gasteiger partial charge is 0.454 e. The fraction of sp³-hybridized carbons (Fsp3) is 0.500. The van der Waals surface area contributed by atoms with Gasteiger partial charge in [0.25, 0.3) is 5.56 Å². The molecule has 3 aromatic rings. The van der Waals surface area contributed by atoms with Crippen molar-refractivity contribution in [3.63, 3.8) is 0 Å². The zero-order valence-corrected chi connectivity index (χ0v) is 23.0. The van der Waals surface area contributed by atoms with Crippen LogP contribution in [0.3, 0.4) is 0 Å². The number of hydrogen-bond acceptors (Lipinski definition) is 7. The van der Waals surface area contributed by atoms with Gasteiger partial charge in [-0.2, -0.15) is 0 Å². The van der Waals surface area contributed by atoms with Gasteiger partial charge in [-0.15, -0.1) is 11.3 Å². The number of amides is 2. The fourth-order valence-electron chi connectivity index (χ4n) is 5.25. The van der Waals surface area contributed by atoms with Crippen LogP contribution < -0.4 is 26.0 Å². The van der Waals surface area contributed by atoms with E-state index < -0.39 is 5.69 Å². The molecule has 2 aliphatic heterocycles. The Balaban J connectivity index is 1.15. The first-order valence-corrected chi connectivity index (χ1v) is 14.5. The van der Waals surface area contributed by atoms with Crippen molar-refractivity contribution in [2.24, 2.45) is 0 Å². The van der Waals surface area contributed by atoms with E-state index in [0.29, 0.717) is 60.5 Å². The molecule has 0 unspecified atom stereocenters. The molecule has 208 valence electrons. The summed E-state index contributed by atoms with van der Waals surface area (Å²) in [7, 11) is 0. The van der Waals surface area contributed by atoms with Gasteiger partial charge in [0.1, 0.15) is 11.2 Å². The summed E-state index contributed by atoms with van der Waals surface area (Å²) in [5.41, 5.74) is 0.677. The van der Waals surface area contributed by atoms with E-state index in [0.717, 1.165) is 24.8 Å². The maximum absolute atomic E-state index is 13.3. The van der Waals surface area contributed by atoms with Crippen molar-refractivity contribution in [2.45, 2.75) is 77.5 Å². The second-order valence-corrected chi connectivity index (χ2v) is 11.1. The van der Waals surface area contributed by atoms with Gasteiger partial charge in [0.05, 0.1) is 5.52 Å². The summed E-state index contributed by atoms with van der Waals surface area (Å²) in [5, 5.41) is 4.69. The van der Waals surface area contributed by atoms with Crippen LogP contribution in [0.4, 0.5) is 0 Å². The topological polar surface area (TPSA) is 112 Å². The average molecular weight is 555 g/mol. The number of fused-ring (bicyclic) bond motifs is 2. The lowest BCUT2D eigenvalue weighted by molar-refractivity contribution is -0.135. The summed E-state index contributed by atoms with van der Waals surface area (Å²) >= 11 is 1.29. The zero-order chi connectivity index (χ0) is 27.4. The van der Waals surface area contributed by atoms with Crippen molar-refractivity contribution in [2.75, 3.05) is 13.3 Å². The second kappa shape index (κ2) is 12.1. The maximum Gasteiger partial charge on any atom is 0.332 e. The van der Waals surface area contributed by atoms with Gasteiger partial charge in [0.15, 0.2) is 11.5 Å². The van der Waals surface area contributed by atoms with Gasteiger partial charge < -0.3 is 19.7 Å². The lowest BCUT2D eigenvalue weighted by atomic mass is 10.0. The molecule has 2 aromatic heterocycles. The van der Waals surface area contributed by atoms with Crippen molar-refractivity contribution >= 4 is 33.4 Å². The number of rotatable bonds is 10. The smallest absolute Gasteiger partial charge is 0.332 e. The van der Waals surface area contributed by atoms with Crippen LogP contribution in [0.1, 0.15) is 57.4 Å². The first-order valence-electron chi connectivity index (χ1n) is 13.6. The molecule has 39 heavy (non-hydrogen) atoms. The SMILES string of the molecule is C[C@@H]1CCCCN1C(=O)Cn1c(=O)n(CCCCCC(=O)NCc2ccc3c(c2)OCO3)c(=O)c2sccc21. The van der Waals surface area contributed by atoms with Gasteiger partial charge in [0, 0.05) is 32.1 Å². The minimum atomic E-state index is -0.453. The van der Waals surface area contributed by atoms with Crippen molar-refractivity contribution in [1.82, 2.24) is 19.4 Å². The average Bonchev–Trinajstić information content (AvgIpc) is 3.61. The molecule has 1 saturated heterocycles. The molecule has 0 radical (unpaired) electrons. The van der Waals surface area contributed by atoms with Crippen LogP contribution in [-0.2, 0) is 29.2 Å². The lowest BCUT2D eigenvalue weighted by Crippen LogP contribution is -2.46. The molecule has 2 aliphatic rings. The number of nitrogens with one attached hydrogen (secondary N) is 1. The molecule has 0 bridgehead atoms. The third kappa shape index (κ3) is 6.03. The Hall–Kier alpha value is -3.60. The Morgan fingerprint density at radius 2 is 1.90 bits per heavy atom. The number of likely N-dealkylation sites (tertiary alicyclic amines) is 1. The maximum atomic E-state index is 13.3. The number of ether oxygens (including phenoxy) is 2. The van der Waals surface area contributed by atoms with Gasteiger partial charge >= 0.3 is 5.69 Å². The Kier molecular flexibility index (Phi) is 8.35. The molecule has 5 rings (SSSR count). The molecule has 1 aromatic carbocycles. The number of thiophene rings is 1. The van der Waals surface area contributed by atoms with Crippen molar-refractivity contribution in [1.29, 1.82) is 0 Å². The Morgan fingerprint density at radius 3 is 2.74 bits per heavy atom. The molecule has 1 atom stereocenters. The van der Waals surface area contributed by atoms with Crippen molar-refractivity contribution in [3.05, 3.63) is 56.0 Å². The Bertz CT molecular complexity index is 1470. The van der Waals surface area contributed by atoms with E-state index in [2.05, 4.69) is 5.32 Å². The predicted molar refractivity (Wildman–Crippen MR) is 148 cm³/mol. The van der Waals surface area contributed by atoms with E-state index in [4.69, 9.17) is 9.47 Å². The van der Waals surface area contributed by atoms with Gasteiger partial charge in [-0.1, -0.05) is 12.5 Å². The minimum absolute atomic E-state index is 0.0577. The molecule has 0 spiro atoms. The number of nitrogens with zero attached hydrogens (tertiary/aromatic N) is 3. The van der Waals surface area contributed by atoms with E-state index in [1.807, 2.05) is 30.0 Å². The molecule has 10 nitrogen and oxygen atoms in total. The van der Waals surface area contributed by atoms with E-state index in [9.17, 15) is 19.2 Å². The normalized spacial score (nSPS) is 16.5. The predicted octanol–water partition coefficient (Wildman–Crippen LogP) is 3.23. The summed E-state index contributed by atoms with van der Waals surface area (Å²) in [4.78, 5) is 53.6. The number of aromatic nitrogens is 2. The Labute approximate surface area is 230 Å². The van der Waals surface area contributed by atoms with Crippen LogP contribution in [0.2, 0.25) is 0 Å². The van der Waals surface area contributed by atoms with Crippen LogP contribution in [0.15, 0.2) is 39.2 Å². The van der Waals surface area contributed by atoms with Gasteiger partial charge in [-0.05, 0) is 68.2 Å². The first-order chi connectivity index (χ1) is 18.9. The summed E-state index contributed by atoms with van der Waals surface area (Å²) < 4.78 is 13.8. The summed E-state index contributed by atoms with van der Waals surface area (Å²) in [6.45, 7) is 3.53. The zero-order valence-electron chi connectivity index (χ0n) is 22.1. The van der Waals surface area contributed by atoms with E-state index in [1.165, 1.54) is 20.5 Å².